The average Bonchev–Trinajstić information content (AvgIpc) is 3.84. The van der Waals surface area contributed by atoms with Crippen molar-refractivity contribution >= 4 is 66.9 Å². The van der Waals surface area contributed by atoms with Gasteiger partial charge in [-0.3, -0.25) is 19.2 Å². The average molecular weight is 771 g/mol. The van der Waals surface area contributed by atoms with Crippen LogP contribution in [0, 0.1) is 22.7 Å². The van der Waals surface area contributed by atoms with Crippen molar-refractivity contribution in [3.8, 4) is 12.1 Å². The van der Waals surface area contributed by atoms with Gasteiger partial charge in [-0.05, 0) is 65.2 Å². The number of nitrogens with zero attached hydrogens (tertiary/aromatic N) is 6. The van der Waals surface area contributed by atoms with Crippen LogP contribution in [-0.2, 0) is 28.7 Å². The van der Waals surface area contributed by atoms with Crippen LogP contribution in [0.4, 0.5) is 0 Å². The Labute approximate surface area is 314 Å². The topological polar surface area (TPSA) is 166 Å². The summed E-state index contributed by atoms with van der Waals surface area (Å²) >= 11 is 0. The fourth-order valence-electron chi connectivity index (χ4n) is 4.96. The summed E-state index contributed by atoms with van der Waals surface area (Å²) in [5.41, 5.74) is -2.77. The summed E-state index contributed by atoms with van der Waals surface area (Å²) in [6, 6.07) is 4.09. The van der Waals surface area contributed by atoms with E-state index < -0.39 is 23.0 Å². The van der Waals surface area contributed by atoms with Crippen molar-refractivity contribution in [2.24, 2.45) is 10.2 Å². The molecule has 0 radical (unpaired) electrons. The molecule has 0 aromatic heterocycles. The van der Waals surface area contributed by atoms with Crippen LogP contribution in [0.25, 0.3) is 0 Å². The first kappa shape index (κ1) is 44.0. The molecule has 50 heavy (non-hydrogen) atoms. The van der Waals surface area contributed by atoms with E-state index in [0.717, 1.165) is 38.5 Å². The lowest BCUT2D eigenvalue weighted by Crippen LogP contribution is -2.31. The van der Waals surface area contributed by atoms with Crippen LogP contribution in [-0.4, -0.2) is 107 Å². The first-order chi connectivity index (χ1) is 23.9. The summed E-state index contributed by atoms with van der Waals surface area (Å²) in [6.07, 6.45) is 9.33. The zero-order valence-electron chi connectivity index (χ0n) is 30.1. The molecule has 2 aliphatic heterocycles. The third-order valence-corrected chi connectivity index (χ3v) is 14.6. The Hall–Kier alpha value is -2.14. The highest BCUT2D eigenvalue weighted by atomic mass is 33.1. The maximum absolute atomic E-state index is 12.4. The number of rotatable bonds is 24. The number of carbonyl (C=O) groups is 4. The molecular formula is C34H54N6O6S4. The van der Waals surface area contributed by atoms with Gasteiger partial charge in [0.25, 0.3) is 0 Å². The van der Waals surface area contributed by atoms with Gasteiger partial charge in [-0.25, -0.2) is 0 Å². The van der Waals surface area contributed by atoms with Crippen LogP contribution in [0.2, 0.25) is 0 Å². The van der Waals surface area contributed by atoms with E-state index >= 15 is 0 Å². The molecule has 2 heterocycles. The Morgan fingerprint density at radius 3 is 1.44 bits per heavy atom. The molecule has 16 heteroatoms. The van der Waals surface area contributed by atoms with Crippen molar-refractivity contribution < 1.29 is 28.7 Å². The molecule has 12 nitrogen and oxygen atoms in total. The molecule has 0 aromatic rings. The number of azo groups is 1. The fraction of sp³-hybridized carbons (Fsp3) is 0.824. The molecule has 4 unspecified atom stereocenters. The number of unbranched alkanes of at least 4 members (excludes halogenated alkanes) is 2. The molecule has 4 atom stereocenters. The Balaban J connectivity index is 1.62. The fourth-order valence-corrected chi connectivity index (χ4v) is 11.0. The quantitative estimate of drug-likeness (QED) is 0.0428. The number of hydrogen-bond donors (Lipinski definition) is 0. The minimum atomic E-state index is -1.38. The minimum Gasteiger partial charge on any atom is -0.464 e. The molecule has 0 spiro atoms. The third kappa shape index (κ3) is 18.4. The van der Waals surface area contributed by atoms with E-state index in [1.807, 2.05) is 55.3 Å². The van der Waals surface area contributed by atoms with E-state index in [9.17, 15) is 29.7 Å². The molecule has 0 N–H and O–H groups in total. The van der Waals surface area contributed by atoms with Gasteiger partial charge in [-0.1, -0.05) is 56.0 Å². The second kappa shape index (κ2) is 24.2. The van der Waals surface area contributed by atoms with Crippen LogP contribution >= 0.6 is 43.2 Å². The lowest BCUT2D eigenvalue weighted by molar-refractivity contribution is -0.146. The zero-order valence-corrected chi connectivity index (χ0v) is 33.3. The van der Waals surface area contributed by atoms with Gasteiger partial charge < -0.3 is 19.3 Å². The van der Waals surface area contributed by atoms with E-state index in [4.69, 9.17) is 9.47 Å². The molecule has 280 valence electrons. The standard InChI is InChI=1S/C34H54N6O6S4/c1-33(25-35,17-13-31(43)45-21-19-39(3)29(41)11-7-5-9-27-15-23-47-49-27)37-38-34(2,26-36)18-14-32(44)46-22-20-40(4)30(42)12-8-6-10-28-16-24-48-50-28/h27-28H,5-24H2,1-4H3. The van der Waals surface area contributed by atoms with Gasteiger partial charge >= 0.3 is 11.9 Å². The van der Waals surface area contributed by atoms with Crippen LogP contribution in [0.3, 0.4) is 0 Å². The smallest absolute Gasteiger partial charge is 0.305 e. The first-order valence-electron chi connectivity index (χ1n) is 17.5. The second-order valence-electron chi connectivity index (χ2n) is 13.2. The molecule has 0 saturated carbocycles. The highest BCUT2D eigenvalue weighted by Gasteiger charge is 2.30. The molecule has 2 amide bonds. The number of carbonyl (C=O) groups excluding carboxylic acids is 4. The summed E-state index contributed by atoms with van der Waals surface area (Å²) in [4.78, 5) is 52.6. The van der Waals surface area contributed by atoms with Crippen molar-refractivity contribution in [3.05, 3.63) is 0 Å². The van der Waals surface area contributed by atoms with Gasteiger partial charge in [-0.15, -0.1) is 0 Å². The maximum Gasteiger partial charge on any atom is 0.305 e. The lowest BCUT2D eigenvalue weighted by atomic mass is 9.97. The van der Waals surface area contributed by atoms with Crippen molar-refractivity contribution in [1.82, 2.24) is 9.80 Å². The van der Waals surface area contributed by atoms with Gasteiger partial charge in [0.2, 0.25) is 11.8 Å². The Morgan fingerprint density at radius 2 is 1.10 bits per heavy atom. The van der Waals surface area contributed by atoms with Crippen molar-refractivity contribution in [2.75, 3.05) is 51.9 Å². The molecule has 2 fully saturated rings. The molecule has 2 rings (SSSR count). The lowest BCUT2D eigenvalue weighted by Gasteiger charge is -2.20. The van der Waals surface area contributed by atoms with E-state index in [-0.39, 0.29) is 63.8 Å². The van der Waals surface area contributed by atoms with Crippen molar-refractivity contribution in [3.63, 3.8) is 0 Å². The summed E-state index contributed by atoms with van der Waals surface area (Å²) in [6.45, 7) is 3.69. The summed E-state index contributed by atoms with van der Waals surface area (Å²) in [5, 5.41) is 29.1. The van der Waals surface area contributed by atoms with Crippen LogP contribution < -0.4 is 0 Å². The van der Waals surface area contributed by atoms with Gasteiger partial charge in [0.05, 0.1) is 25.2 Å². The normalized spacial score (nSPS) is 19.6. The SMILES string of the molecule is CN(CCOC(=O)CCC(C)(C#N)N=NC(C)(C#N)CCC(=O)OCCN(C)C(=O)CCCCC1CCSS1)C(=O)CCCCC1CCSS1. The Morgan fingerprint density at radius 1 is 0.700 bits per heavy atom. The number of ether oxygens (including phenoxy) is 2. The highest BCUT2D eigenvalue weighted by Crippen LogP contribution is 2.40. The molecule has 2 aliphatic rings. The largest absolute Gasteiger partial charge is 0.464 e. The molecular weight excluding hydrogens is 717 g/mol. The van der Waals surface area contributed by atoms with E-state index in [1.54, 1.807) is 23.9 Å². The van der Waals surface area contributed by atoms with Crippen molar-refractivity contribution in [2.45, 2.75) is 125 Å². The summed E-state index contributed by atoms with van der Waals surface area (Å²) in [5.74, 6) is 1.42. The minimum absolute atomic E-state index is 0.0208. The number of esters is 2. The van der Waals surface area contributed by atoms with Crippen molar-refractivity contribution in [1.29, 1.82) is 10.5 Å². The maximum atomic E-state index is 12.4. The summed E-state index contributed by atoms with van der Waals surface area (Å²) < 4.78 is 10.6. The molecule has 2 saturated heterocycles. The number of nitriles is 2. The molecule has 0 aliphatic carbocycles. The van der Waals surface area contributed by atoms with Gasteiger partial charge in [-0.2, -0.15) is 20.8 Å². The number of hydrogen-bond acceptors (Lipinski definition) is 14. The number of likely N-dealkylation sites (N-methyl/N-ethyl adjacent to an activating group) is 2. The van der Waals surface area contributed by atoms with Gasteiger partial charge in [0.15, 0.2) is 11.1 Å². The number of amides is 2. The zero-order chi connectivity index (χ0) is 36.8. The van der Waals surface area contributed by atoms with Crippen LogP contribution in [0.15, 0.2) is 10.2 Å². The first-order valence-corrected chi connectivity index (χ1v) is 22.3. The third-order valence-electron chi connectivity index (χ3n) is 8.62. The molecule has 0 bridgehead atoms. The van der Waals surface area contributed by atoms with E-state index in [0.29, 0.717) is 23.3 Å². The van der Waals surface area contributed by atoms with Crippen LogP contribution in [0.5, 0.6) is 0 Å². The highest BCUT2D eigenvalue weighted by molar-refractivity contribution is 8.77. The Bertz CT molecular complexity index is 1110. The predicted molar refractivity (Wildman–Crippen MR) is 202 cm³/mol. The molecule has 0 aromatic carbocycles. The van der Waals surface area contributed by atoms with E-state index in [1.165, 1.54) is 38.2 Å². The summed E-state index contributed by atoms with van der Waals surface area (Å²) in [7, 11) is 11.1. The Kier molecular flexibility index (Phi) is 21.3. The second-order valence-corrected chi connectivity index (χ2v) is 18.8. The van der Waals surface area contributed by atoms with Crippen LogP contribution in [0.1, 0.15) is 104 Å². The van der Waals surface area contributed by atoms with Gasteiger partial charge in [0, 0.05) is 61.8 Å². The predicted octanol–water partition coefficient (Wildman–Crippen LogP) is 6.99. The monoisotopic (exact) mass is 770 g/mol. The van der Waals surface area contributed by atoms with Gasteiger partial charge in [0.1, 0.15) is 13.2 Å². The van der Waals surface area contributed by atoms with E-state index in [2.05, 4.69) is 10.2 Å².